The maximum atomic E-state index is 14.5. The van der Waals surface area contributed by atoms with Gasteiger partial charge in [0, 0.05) is 28.0 Å². The molecule has 3 aliphatic carbocycles. The lowest BCUT2D eigenvalue weighted by Crippen LogP contribution is -2.52. The Kier molecular flexibility index (Phi) is 7.68. The second kappa shape index (κ2) is 12.2. The van der Waals surface area contributed by atoms with Gasteiger partial charge >= 0.3 is 5.97 Å². The minimum atomic E-state index is -0.740. The van der Waals surface area contributed by atoms with Gasteiger partial charge in [0.05, 0.1) is 17.4 Å². The molecule has 0 N–H and O–H groups in total. The Labute approximate surface area is 292 Å². The van der Waals surface area contributed by atoms with Gasteiger partial charge in [0.15, 0.2) is 5.78 Å². The molecule has 1 saturated heterocycles. The highest BCUT2D eigenvalue weighted by Crippen LogP contribution is 2.61. The number of carbonyl (C=O) groups excluding carboxylic acids is 5. The third-order valence-electron chi connectivity index (χ3n) is 9.96. The molecule has 9 rings (SSSR count). The molecule has 0 unspecified atom stereocenters. The summed E-state index contributed by atoms with van der Waals surface area (Å²) >= 11 is 6.10. The lowest BCUT2D eigenvalue weighted by molar-refractivity contribution is -0.154. The van der Waals surface area contributed by atoms with Crippen LogP contribution in [0.3, 0.4) is 0 Å². The van der Waals surface area contributed by atoms with E-state index in [1.54, 1.807) is 12.1 Å². The number of benzene rings is 5. The van der Waals surface area contributed by atoms with Crippen molar-refractivity contribution in [3.05, 3.63) is 171 Å². The van der Waals surface area contributed by atoms with E-state index in [1.165, 1.54) is 48.5 Å². The Bertz CT molecular complexity index is 2100. The Morgan fingerprint density at radius 2 is 1.10 bits per heavy atom. The molecule has 9 heteroatoms. The van der Waals surface area contributed by atoms with Crippen LogP contribution in [0.25, 0.3) is 0 Å². The molecule has 3 amide bonds. The minimum Gasteiger partial charge on any atom is -0.423 e. The van der Waals surface area contributed by atoms with E-state index in [2.05, 4.69) is 0 Å². The second-order valence-electron chi connectivity index (χ2n) is 12.8. The van der Waals surface area contributed by atoms with Gasteiger partial charge in [-0.3, -0.25) is 19.2 Å². The van der Waals surface area contributed by atoms with Crippen molar-refractivity contribution in [1.29, 1.82) is 0 Å². The average Bonchev–Trinajstić information content (AvgIpc) is 3.40. The van der Waals surface area contributed by atoms with Crippen LogP contribution in [-0.4, -0.2) is 46.0 Å². The van der Waals surface area contributed by atoms with Crippen LogP contribution < -0.4 is 4.74 Å². The molecule has 1 heterocycles. The summed E-state index contributed by atoms with van der Waals surface area (Å²) in [5.41, 5.74) is 5.73. The molecule has 5 aromatic carbocycles. The fourth-order valence-corrected chi connectivity index (χ4v) is 7.79. The van der Waals surface area contributed by atoms with E-state index in [1.807, 2.05) is 67.6 Å². The van der Waals surface area contributed by atoms with Gasteiger partial charge < -0.3 is 4.74 Å². The maximum Gasteiger partial charge on any atom is 0.343 e. The first kappa shape index (κ1) is 31.4. The number of hydrogen-bond acceptors (Lipinski definition) is 6. The fourth-order valence-electron chi connectivity index (χ4n) is 7.67. The molecule has 0 saturated carbocycles. The number of amides is 3. The summed E-state index contributed by atoms with van der Waals surface area (Å²) in [6, 6.07) is 34.7. The number of aryl methyl sites for hydroxylation is 1. The minimum absolute atomic E-state index is 0.158. The summed E-state index contributed by atoms with van der Waals surface area (Å²) in [6.07, 6.45) is 0. The molecule has 1 fully saturated rings. The average molecular weight is 681 g/mol. The zero-order valence-electron chi connectivity index (χ0n) is 26.8. The Balaban J connectivity index is 1.11. The monoisotopic (exact) mass is 680 g/mol. The molecule has 2 atom stereocenters. The van der Waals surface area contributed by atoms with Gasteiger partial charge in [-0.05, 0) is 89.8 Å². The van der Waals surface area contributed by atoms with Gasteiger partial charge in [0.1, 0.15) is 12.3 Å². The third kappa shape index (κ3) is 5.11. The Morgan fingerprint density at radius 3 is 1.60 bits per heavy atom. The highest BCUT2D eigenvalue weighted by Gasteiger charge is 2.63. The molecule has 4 aliphatic rings. The number of carbonyl (C=O) groups is 5. The first-order valence-corrected chi connectivity index (χ1v) is 16.6. The number of nitrogens with zero attached hydrogens (tertiary/aromatic N) is 2. The summed E-state index contributed by atoms with van der Waals surface area (Å²) in [7, 11) is 0. The van der Waals surface area contributed by atoms with Crippen molar-refractivity contribution < 1.29 is 28.7 Å². The summed E-state index contributed by atoms with van der Waals surface area (Å²) in [6.45, 7) is 1.33. The molecule has 5 aromatic rings. The quantitative estimate of drug-likeness (QED) is 0.0794. The number of esters is 1. The number of rotatable bonds is 7. The van der Waals surface area contributed by atoms with Gasteiger partial charge in [-0.25, -0.2) is 9.80 Å². The summed E-state index contributed by atoms with van der Waals surface area (Å²) < 4.78 is 5.48. The van der Waals surface area contributed by atoms with Gasteiger partial charge in [-0.1, -0.05) is 77.8 Å². The molecule has 50 heavy (non-hydrogen) atoms. The number of hydrogen-bond donors (Lipinski definition) is 0. The highest BCUT2D eigenvalue weighted by molar-refractivity contribution is 6.30. The predicted octanol–water partition coefficient (Wildman–Crippen LogP) is 7.00. The topological polar surface area (TPSA) is 101 Å². The maximum absolute atomic E-state index is 14.5. The van der Waals surface area contributed by atoms with Crippen LogP contribution in [-0.2, 0) is 9.59 Å². The van der Waals surface area contributed by atoms with E-state index in [0.29, 0.717) is 10.6 Å². The van der Waals surface area contributed by atoms with Crippen molar-refractivity contribution in [3.8, 4) is 5.75 Å². The number of halogens is 1. The van der Waals surface area contributed by atoms with Crippen LogP contribution in [0.2, 0.25) is 5.02 Å². The second-order valence-corrected chi connectivity index (χ2v) is 13.3. The van der Waals surface area contributed by atoms with Crippen molar-refractivity contribution in [3.63, 3.8) is 0 Å². The van der Waals surface area contributed by atoms with Crippen molar-refractivity contribution in [2.75, 3.05) is 6.54 Å². The molecule has 8 nitrogen and oxygen atoms in total. The Morgan fingerprint density at radius 1 is 0.640 bits per heavy atom. The first-order valence-electron chi connectivity index (χ1n) is 16.3. The normalized spacial score (nSPS) is 19.8. The number of Topliss-reactive ketones (excluding diaryl/α,β-unsaturated/α-hetero) is 1. The summed E-state index contributed by atoms with van der Waals surface area (Å²) in [5.74, 6) is -4.81. The predicted molar refractivity (Wildman–Crippen MR) is 185 cm³/mol. The van der Waals surface area contributed by atoms with Crippen molar-refractivity contribution in [2.45, 2.75) is 18.8 Å². The van der Waals surface area contributed by atoms with Crippen LogP contribution in [0.1, 0.15) is 70.7 Å². The SMILES string of the molecule is Cc1ccc(C(=O)Oc2ccc(C(=O)CN(C(=O)c3ccc(Cl)cc3)N3C(=O)[C@@H]4C5c6ccccc6C(c6ccccc65)[C@@H]4C3=O)cc2)cc1. The van der Waals surface area contributed by atoms with Gasteiger partial charge in [-0.15, -0.1) is 0 Å². The van der Waals surface area contributed by atoms with Crippen molar-refractivity contribution in [2.24, 2.45) is 11.8 Å². The van der Waals surface area contributed by atoms with Gasteiger partial charge in [0.25, 0.3) is 17.7 Å². The molecule has 0 aromatic heterocycles. The van der Waals surface area contributed by atoms with E-state index >= 15 is 0 Å². The zero-order chi connectivity index (χ0) is 34.7. The van der Waals surface area contributed by atoms with Crippen LogP contribution in [0.15, 0.2) is 121 Å². The standard InChI is InChI=1S/C41H29ClN2O6/c1-23-10-12-26(13-11-23)41(49)50-28-20-16-24(17-21-28)33(45)22-43(38(46)25-14-18-27(42)19-15-25)44-39(47)36-34-29-6-2-3-7-30(29)35(37(36)40(44)48)32-9-5-4-8-31(32)34/h2-21,34-37H,22H2,1H3/t34?,35?,36-,37+. The number of hydrazine groups is 1. The third-order valence-corrected chi connectivity index (χ3v) is 10.2. The molecule has 2 bridgehead atoms. The highest BCUT2D eigenvalue weighted by atomic mass is 35.5. The van der Waals surface area contributed by atoms with Crippen molar-refractivity contribution >= 4 is 41.1 Å². The number of ketones is 1. The van der Waals surface area contributed by atoms with E-state index in [-0.39, 0.29) is 28.7 Å². The van der Waals surface area contributed by atoms with E-state index < -0.39 is 47.9 Å². The largest absolute Gasteiger partial charge is 0.423 e. The lowest BCUT2D eigenvalue weighted by Gasteiger charge is -2.45. The van der Waals surface area contributed by atoms with Crippen LogP contribution >= 0.6 is 11.6 Å². The molecule has 0 spiro atoms. The van der Waals surface area contributed by atoms with Crippen LogP contribution in [0.5, 0.6) is 5.75 Å². The van der Waals surface area contributed by atoms with E-state index in [9.17, 15) is 24.0 Å². The van der Waals surface area contributed by atoms with E-state index in [4.69, 9.17) is 16.3 Å². The van der Waals surface area contributed by atoms with Crippen molar-refractivity contribution in [1.82, 2.24) is 10.0 Å². The number of imide groups is 1. The molecule has 0 radical (unpaired) electrons. The van der Waals surface area contributed by atoms with Gasteiger partial charge in [0.2, 0.25) is 0 Å². The molecule has 246 valence electrons. The summed E-state index contributed by atoms with van der Waals surface area (Å²) in [4.78, 5) is 69.7. The van der Waals surface area contributed by atoms with Crippen LogP contribution in [0, 0.1) is 18.8 Å². The van der Waals surface area contributed by atoms with E-state index in [0.717, 1.165) is 37.8 Å². The van der Waals surface area contributed by atoms with Gasteiger partial charge in [-0.2, -0.15) is 5.01 Å². The molecule has 1 aliphatic heterocycles. The molecular weight excluding hydrogens is 652 g/mol. The first-order chi connectivity index (χ1) is 24.2. The number of ether oxygens (including phenoxy) is 1. The summed E-state index contributed by atoms with van der Waals surface area (Å²) in [5, 5.41) is 2.27. The molecular formula is C41H29ClN2O6. The smallest absolute Gasteiger partial charge is 0.343 e. The fraction of sp³-hybridized carbons (Fsp3) is 0.146. The van der Waals surface area contributed by atoms with Crippen LogP contribution in [0.4, 0.5) is 0 Å². The lowest BCUT2D eigenvalue weighted by atomic mass is 9.55. The zero-order valence-corrected chi connectivity index (χ0v) is 27.5. The Hall–Kier alpha value is -5.86.